The van der Waals surface area contributed by atoms with Crippen LogP contribution in [0.15, 0.2) is 24.3 Å². The fourth-order valence-electron chi connectivity index (χ4n) is 1.63. The van der Waals surface area contributed by atoms with Crippen LogP contribution in [0.4, 0.5) is 0 Å². The molecule has 17 heavy (non-hydrogen) atoms. The van der Waals surface area contributed by atoms with Crippen LogP contribution in [0.3, 0.4) is 0 Å². The van der Waals surface area contributed by atoms with Crippen LogP contribution in [-0.4, -0.2) is 28.9 Å². The molecule has 4 nitrogen and oxygen atoms in total. The van der Waals surface area contributed by atoms with E-state index in [1.807, 2.05) is 26.0 Å². The minimum atomic E-state index is -1.49. The maximum Gasteiger partial charge on any atom is 0.337 e. The van der Waals surface area contributed by atoms with Gasteiger partial charge in [0.05, 0.1) is 5.60 Å². The molecule has 0 saturated carbocycles. The van der Waals surface area contributed by atoms with E-state index in [1.165, 1.54) is 0 Å². The van der Waals surface area contributed by atoms with Gasteiger partial charge in [-0.3, -0.25) is 0 Å². The van der Waals surface area contributed by atoms with Crippen molar-refractivity contribution >= 4 is 5.97 Å². The van der Waals surface area contributed by atoms with E-state index < -0.39 is 17.7 Å². The smallest absolute Gasteiger partial charge is 0.337 e. The van der Waals surface area contributed by atoms with Gasteiger partial charge in [-0.15, -0.1) is 0 Å². The number of methoxy groups -OCH3 is 1. The Kier molecular flexibility index (Phi) is 4.26. The van der Waals surface area contributed by atoms with Crippen molar-refractivity contribution in [2.24, 2.45) is 0 Å². The summed E-state index contributed by atoms with van der Waals surface area (Å²) in [4.78, 5) is 10.8. The van der Waals surface area contributed by atoms with Crippen molar-refractivity contribution in [3.63, 3.8) is 0 Å². The molecule has 0 aliphatic heterocycles. The lowest BCUT2D eigenvalue weighted by atomic mass is 9.92. The van der Waals surface area contributed by atoms with Crippen LogP contribution in [0.25, 0.3) is 0 Å². The third-order valence-corrected chi connectivity index (χ3v) is 2.75. The van der Waals surface area contributed by atoms with Gasteiger partial charge in [0, 0.05) is 13.5 Å². The summed E-state index contributed by atoms with van der Waals surface area (Å²) in [5.74, 6) is -1.24. The Bertz CT molecular complexity index is 398. The molecule has 1 aromatic carbocycles. The summed E-state index contributed by atoms with van der Waals surface area (Å²) in [6.07, 6.45) is -0.942. The largest absolute Gasteiger partial charge is 0.479 e. The summed E-state index contributed by atoms with van der Waals surface area (Å²) < 4.78 is 5.31. The summed E-state index contributed by atoms with van der Waals surface area (Å²) >= 11 is 0. The van der Waals surface area contributed by atoms with Crippen LogP contribution in [-0.2, 0) is 16.0 Å². The predicted octanol–water partition coefficient (Wildman–Crippen LogP) is 1.77. The molecule has 0 spiro atoms. The van der Waals surface area contributed by atoms with Crippen LogP contribution in [0, 0.1) is 0 Å². The highest BCUT2D eigenvalue weighted by Gasteiger charge is 2.23. The first kappa shape index (κ1) is 13.7. The summed E-state index contributed by atoms with van der Waals surface area (Å²) in [6, 6.07) is 6.96. The van der Waals surface area contributed by atoms with Gasteiger partial charge in [-0.2, -0.15) is 0 Å². The van der Waals surface area contributed by atoms with Gasteiger partial charge in [0.2, 0.25) is 0 Å². The molecule has 1 aromatic rings. The molecule has 0 radical (unpaired) electrons. The first-order chi connectivity index (χ1) is 7.87. The van der Waals surface area contributed by atoms with Crippen molar-refractivity contribution in [1.29, 1.82) is 0 Å². The molecule has 94 valence electrons. The molecular weight excluding hydrogens is 220 g/mol. The fourth-order valence-corrected chi connectivity index (χ4v) is 1.63. The molecule has 1 unspecified atom stereocenters. The predicted molar refractivity (Wildman–Crippen MR) is 63.8 cm³/mol. The Balaban J connectivity index is 3.04. The summed E-state index contributed by atoms with van der Waals surface area (Å²) in [6.45, 7) is 3.83. The van der Waals surface area contributed by atoms with Crippen LogP contribution in [0.2, 0.25) is 0 Å². The Labute approximate surface area is 101 Å². The lowest BCUT2D eigenvalue weighted by Crippen LogP contribution is -2.27. The van der Waals surface area contributed by atoms with Crippen molar-refractivity contribution < 1.29 is 19.7 Å². The second-order valence-corrected chi connectivity index (χ2v) is 4.58. The van der Waals surface area contributed by atoms with Gasteiger partial charge in [-0.1, -0.05) is 24.3 Å². The monoisotopic (exact) mass is 238 g/mol. The molecule has 0 fully saturated rings. The van der Waals surface area contributed by atoms with E-state index >= 15 is 0 Å². The highest BCUT2D eigenvalue weighted by atomic mass is 16.5. The number of ether oxygens (including phenoxy) is 1. The Morgan fingerprint density at radius 2 is 2.00 bits per heavy atom. The van der Waals surface area contributed by atoms with Crippen LogP contribution < -0.4 is 0 Å². The van der Waals surface area contributed by atoms with Gasteiger partial charge >= 0.3 is 5.97 Å². The Morgan fingerprint density at radius 1 is 1.41 bits per heavy atom. The zero-order chi connectivity index (χ0) is 13.1. The van der Waals surface area contributed by atoms with E-state index in [-0.39, 0.29) is 0 Å². The van der Waals surface area contributed by atoms with E-state index in [0.717, 1.165) is 5.56 Å². The Morgan fingerprint density at radius 3 is 2.53 bits per heavy atom. The second kappa shape index (κ2) is 5.29. The standard InChI is InChI=1S/C13H18O4/c1-13(2,17-3)8-9-6-4-5-7-10(9)11(14)12(15)16/h4-7,11,14H,8H2,1-3H3,(H,15,16). The van der Waals surface area contributed by atoms with E-state index in [4.69, 9.17) is 9.84 Å². The SMILES string of the molecule is COC(C)(C)Cc1ccccc1C(O)C(=O)O. The highest BCUT2D eigenvalue weighted by molar-refractivity contribution is 5.74. The molecule has 1 rings (SSSR count). The first-order valence-electron chi connectivity index (χ1n) is 5.41. The van der Waals surface area contributed by atoms with Crippen molar-refractivity contribution in [2.45, 2.75) is 32.0 Å². The number of carboxylic acids is 1. The number of rotatable bonds is 5. The van der Waals surface area contributed by atoms with E-state index in [9.17, 15) is 9.90 Å². The number of benzene rings is 1. The average molecular weight is 238 g/mol. The molecule has 0 heterocycles. The molecule has 2 N–H and O–H groups in total. The van der Waals surface area contributed by atoms with Crippen LogP contribution in [0.5, 0.6) is 0 Å². The van der Waals surface area contributed by atoms with Gasteiger partial charge in [-0.25, -0.2) is 4.79 Å². The Hall–Kier alpha value is -1.39. The van der Waals surface area contributed by atoms with Gasteiger partial charge in [0.1, 0.15) is 0 Å². The molecular formula is C13H18O4. The van der Waals surface area contributed by atoms with Crippen molar-refractivity contribution in [3.8, 4) is 0 Å². The molecule has 0 aromatic heterocycles. The first-order valence-corrected chi connectivity index (χ1v) is 5.41. The zero-order valence-electron chi connectivity index (χ0n) is 10.3. The maximum atomic E-state index is 10.8. The normalized spacial score (nSPS) is 13.4. The molecule has 0 saturated heterocycles. The van der Waals surface area contributed by atoms with Crippen molar-refractivity contribution in [1.82, 2.24) is 0 Å². The van der Waals surface area contributed by atoms with Gasteiger partial charge in [-0.05, 0) is 25.0 Å². The van der Waals surface area contributed by atoms with Crippen LogP contribution >= 0.6 is 0 Å². The van der Waals surface area contributed by atoms with Gasteiger partial charge in [0.15, 0.2) is 6.10 Å². The summed E-state index contributed by atoms with van der Waals surface area (Å²) in [5, 5.41) is 18.4. The molecule has 0 bridgehead atoms. The summed E-state index contributed by atoms with van der Waals surface area (Å²) in [7, 11) is 1.61. The molecule has 0 aliphatic carbocycles. The lowest BCUT2D eigenvalue weighted by Gasteiger charge is -2.24. The minimum Gasteiger partial charge on any atom is -0.479 e. The fraction of sp³-hybridized carbons (Fsp3) is 0.462. The number of carbonyl (C=O) groups is 1. The number of carboxylic acid groups (broad SMARTS) is 1. The van der Waals surface area contributed by atoms with E-state index in [2.05, 4.69) is 0 Å². The number of aliphatic carboxylic acids is 1. The molecule has 4 heteroatoms. The third kappa shape index (κ3) is 3.54. The average Bonchev–Trinajstić information content (AvgIpc) is 2.28. The number of aliphatic hydroxyl groups is 1. The zero-order valence-corrected chi connectivity index (χ0v) is 10.3. The van der Waals surface area contributed by atoms with Crippen molar-refractivity contribution in [3.05, 3.63) is 35.4 Å². The summed E-state index contributed by atoms with van der Waals surface area (Å²) in [5.41, 5.74) is 0.813. The van der Waals surface area contributed by atoms with E-state index in [1.54, 1.807) is 19.2 Å². The molecule has 1 atom stereocenters. The topological polar surface area (TPSA) is 66.8 Å². The lowest BCUT2D eigenvalue weighted by molar-refractivity contribution is -0.147. The van der Waals surface area contributed by atoms with E-state index in [0.29, 0.717) is 12.0 Å². The minimum absolute atomic E-state index is 0.395. The number of aliphatic hydroxyl groups excluding tert-OH is 1. The number of hydrogen-bond acceptors (Lipinski definition) is 3. The van der Waals surface area contributed by atoms with Crippen LogP contribution in [0.1, 0.15) is 31.1 Å². The maximum absolute atomic E-state index is 10.8. The quantitative estimate of drug-likeness (QED) is 0.820. The van der Waals surface area contributed by atoms with Crippen molar-refractivity contribution in [2.75, 3.05) is 7.11 Å². The molecule has 0 aliphatic rings. The van der Waals surface area contributed by atoms with Gasteiger partial charge in [0.25, 0.3) is 0 Å². The number of hydrogen-bond donors (Lipinski definition) is 2. The van der Waals surface area contributed by atoms with Gasteiger partial charge < -0.3 is 14.9 Å². The third-order valence-electron chi connectivity index (χ3n) is 2.75. The second-order valence-electron chi connectivity index (χ2n) is 4.58. The molecule has 0 amide bonds. The highest BCUT2D eigenvalue weighted by Crippen LogP contribution is 2.23.